The van der Waals surface area contributed by atoms with Crippen molar-refractivity contribution in [1.82, 2.24) is 16.0 Å². The van der Waals surface area contributed by atoms with E-state index in [9.17, 15) is 31.9 Å². The van der Waals surface area contributed by atoms with Gasteiger partial charge < -0.3 is 30.5 Å². The molecule has 1 aliphatic heterocycles. The van der Waals surface area contributed by atoms with Gasteiger partial charge in [0.1, 0.15) is 23.8 Å². The highest BCUT2D eigenvalue weighted by Crippen LogP contribution is 2.18. The minimum atomic E-state index is -3.87. The number of aliphatic hydroxyl groups is 1. The van der Waals surface area contributed by atoms with E-state index in [1.54, 1.807) is 0 Å². The zero-order valence-corrected chi connectivity index (χ0v) is 28.3. The van der Waals surface area contributed by atoms with Crippen LogP contribution < -0.4 is 16.0 Å². The summed E-state index contributed by atoms with van der Waals surface area (Å²) in [5, 5.41) is 18.8. The minimum Gasteiger partial charge on any atom is -0.444 e. The lowest BCUT2D eigenvalue weighted by atomic mass is 10.00. The number of hydrogen-bond donors (Lipinski definition) is 4. The Balaban J connectivity index is 1.83. The van der Waals surface area contributed by atoms with Gasteiger partial charge in [0.05, 0.1) is 36.4 Å². The lowest BCUT2D eigenvalue weighted by Crippen LogP contribution is -2.57. The largest absolute Gasteiger partial charge is 0.444 e. The summed E-state index contributed by atoms with van der Waals surface area (Å²) in [7, 11) is -3.87. The standard InChI is InChI=1S/C34H49F2N3O7S/c1-4-8-29(9-5-2)47(43,44)22-31(39-34(42)46-28-12-13-45-21-28)33(41)38-30(17-25-15-26(35)18-27(36)16-25)32(40)20-37-19-24-11-7-10-23(6-3)14-24/h7,10-11,14-16,18,28-32,37,40H,4-6,8-9,12-13,17,19-22H2,1-3H3,(H,38,41)(H,39,42)/t28-,30-,31?,32+/m0/s1. The lowest BCUT2D eigenvalue weighted by Gasteiger charge is -2.28. The number of aliphatic hydroxyl groups excluding tert-OH is 1. The van der Waals surface area contributed by atoms with E-state index in [1.807, 2.05) is 45.0 Å². The van der Waals surface area contributed by atoms with E-state index in [0.717, 1.165) is 29.7 Å². The fourth-order valence-corrected chi connectivity index (χ4v) is 7.81. The van der Waals surface area contributed by atoms with Crippen LogP contribution in [0.3, 0.4) is 0 Å². The molecular weight excluding hydrogens is 632 g/mol. The zero-order chi connectivity index (χ0) is 34.4. The maximum absolute atomic E-state index is 14.1. The highest BCUT2D eigenvalue weighted by molar-refractivity contribution is 7.92. The molecule has 4 atom stereocenters. The maximum Gasteiger partial charge on any atom is 0.408 e. The molecule has 0 bridgehead atoms. The molecule has 4 N–H and O–H groups in total. The van der Waals surface area contributed by atoms with Crippen LogP contribution in [0, 0.1) is 11.6 Å². The van der Waals surface area contributed by atoms with Gasteiger partial charge >= 0.3 is 6.09 Å². The van der Waals surface area contributed by atoms with Crippen LogP contribution in [0.25, 0.3) is 0 Å². The Bertz CT molecular complexity index is 1380. The predicted octanol–water partition coefficient (Wildman–Crippen LogP) is 3.97. The van der Waals surface area contributed by atoms with Crippen molar-refractivity contribution in [1.29, 1.82) is 0 Å². The number of aryl methyl sites for hydroxylation is 1. The molecule has 10 nitrogen and oxygen atoms in total. The number of alkyl carbamates (subject to hydrolysis) is 1. The number of halogens is 2. The van der Waals surface area contributed by atoms with Crippen molar-refractivity contribution in [3.63, 3.8) is 0 Å². The fraction of sp³-hybridized carbons (Fsp3) is 0.588. The van der Waals surface area contributed by atoms with Gasteiger partial charge in [0.2, 0.25) is 5.91 Å². The summed E-state index contributed by atoms with van der Waals surface area (Å²) in [6, 6.07) is 8.16. The summed E-state index contributed by atoms with van der Waals surface area (Å²) in [5.41, 5.74) is 2.31. The van der Waals surface area contributed by atoms with Crippen LogP contribution in [0.4, 0.5) is 13.6 Å². The van der Waals surface area contributed by atoms with Gasteiger partial charge in [-0.15, -0.1) is 0 Å². The molecule has 0 spiro atoms. The highest BCUT2D eigenvalue weighted by atomic mass is 32.2. The van der Waals surface area contributed by atoms with Crippen LogP contribution in [-0.2, 0) is 43.5 Å². The van der Waals surface area contributed by atoms with Crippen molar-refractivity contribution >= 4 is 21.8 Å². The van der Waals surface area contributed by atoms with Gasteiger partial charge in [-0.2, -0.15) is 0 Å². The van der Waals surface area contributed by atoms with Gasteiger partial charge in [0, 0.05) is 25.6 Å². The van der Waals surface area contributed by atoms with Crippen molar-refractivity contribution in [2.24, 2.45) is 0 Å². The second-order valence-corrected chi connectivity index (χ2v) is 14.4. The molecular formula is C34H49F2N3O7S. The van der Waals surface area contributed by atoms with Gasteiger partial charge in [-0.25, -0.2) is 22.0 Å². The number of benzene rings is 2. The molecule has 2 aromatic rings. The third-order valence-corrected chi connectivity index (χ3v) is 10.4. The molecule has 0 aromatic heterocycles. The molecule has 1 saturated heterocycles. The molecule has 0 saturated carbocycles. The van der Waals surface area contributed by atoms with Gasteiger partial charge in [-0.05, 0) is 54.5 Å². The Kier molecular flexibility index (Phi) is 15.5. The van der Waals surface area contributed by atoms with E-state index >= 15 is 0 Å². The monoisotopic (exact) mass is 681 g/mol. The number of amides is 2. The number of carbonyl (C=O) groups excluding carboxylic acids is 2. The van der Waals surface area contributed by atoms with Crippen LogP contribution in [-0.4, -0.2) is 80.6 Å². The van der Waals surface area contributed by atoms with Crippen molar-refractivity contribution in [3.8, 4) is 0 Å². The summed E-state index contributed by atoms with van der Waals surface area (Å²) in [4.78, 5) is 26.6. The number of carbonyl (C=O) groups is 2. The number of hydrogen-bond acceptors (Lipinski definition) is 8. The predicted molar refractivity (Wildman–Crippen MR) is 176 cm³/mol. The van der Waals surface area contributed by atoms with E-state index in [1.165, 1.54) is 0 Å². The van der Waals surface area contributed by atoms with Crippen molar-refractivity contribution in [3.05, 3.63) is 70.8 Å². The fourth-order valence-electron chi connectivity index (χ4n) is 5.65. The number of ether oxygens (including phenoxy) is 2. The SMILES string of the molecule is CCCC(CCC)S(=O)(=O)CC(NC(=O)O[C@H]1CCOC1)C(=O)N[C@@H](Cc1cc(F)cc(F)c1)[C@H](O)CNCc1cccc(CC)c1. The Morgan fingerprint density at radius 1 is 1.00 bits per heavy atom. The van der Waals surface area contributed by atoms with E-state index in [0.29, 0.717) is 51.3 Å². The first-order valence-electron chi connectivity index (χ1n) is 16.4. The van der Waals surface area contributed by atoms with Gasteiger partial charge in [-0.1, -0.05) is 57.9 Å². The van der Waals surface area contributed by atoms with Crippen molar-refractivity contribution in [2.75, 3.05) is 25.5 Å². The first-order chi connectivity index (χ1) is 22.4. The first-order valence-corrected chi connectivity index (χ1v) is 18.1. The summed E-state index contributed by atoms with van der Waals surface area (Å²) in [6.07, 6.45) is 0.410. The molecule has 3 rings (SSSR count). The highest BCUT2D eigenvalue weighted by Gasteiger charge is 2.35. The number of sulfone groups is 1. The summed E-state index contributed by atoms with van der Waals surface area (Å²) >= 11 is 0. The molecule has 2 amide bonds. The second-order valence-electron chi connectivity index (χ2n) is 12.1. The molecule has 2 aromatic carbocycles. The van der Waals surface area contributed by atoms with Crippen LogP contribution >= 0.6 is 0 Å². The van der Waals surface area contributed by atoms with Gasteiger partial charge in [0.25, 0.3) is 0 Å². The molecule has 1 fully saturated rings. The Morgan fingerprint density at radius 2 is 1.68 bits per heavy atom. The average Bonchev–Trinajstić information content (AvgIpc) is 3.52. The molecule has 1 unspecified atom stereocenters. The van der Waals surface area contributed by atoms with E-state index in [2.05, 4.69) is 16.0 Å². The van der Waals surface area contributed by atoms with Crippen molar-refractivity contribution in [2.45, 2.75) is 102 Å². The van der Waals surface area contributed by atoms with Crippen LogP contribution in [0.1, 0.15) is 69.6 Å². The Labute approximate surface area is 276 Å². The third kappa shape index (κ3) is 12.8. The summed E-state index contributed by atoms with van der Waals surface area (Å²) in [5.74, 6) is -3.22. The third-order valence-electron chi connectivity index (χ3n) is 8.15. The molecule has 1 heterocycles. The molecule has 13 heteroatoms. The lowest BCUT2D eigenvalue weighted by molar-refractivity contribution is -0.124. The van der Waals surface area contributed by atoms with Gasteiger partial charge in [-0.3, -0.25) is 4.79 Å². The maximum atomic E-state index is 14.1. The number of rotatable bonds is 19. The van der Waals surface area contributed by atoms with E-state index in [-0.39, 0.29) is 25.1 Å². The average molecular weight is 682 g/mol. The Hall–Kier alpha value is -3.13. The molecule has 47 heavy (non-hydrogen) atoms. The van der Waals surface area contributed by atoms with Crippen LogP contribution in [0.15, 0.2) is 42.5 Å². The van der Waals surface area contributed by atoms with Crippen LogP contribution in [0.5, 0.6) is 0 Å². The number of nitrogens with one attached hydrogen (secondary N) is 3. The molecule has 262 valence electrons. The molecule has 0 radical (unpaired) electrons. The molecule has 1 aliphatic rings. The van der Waals surface area contributed by atoms with Crippen LogP contribution in [0.2, 0.25) is 0 Å². The van der Waals surface area contributed by atoms with Crippen molar-refractivity contribution < 1.29 is 41.4 Å². The minimum absolute atomic E-state index is 0.00567. The quantitative estimate of drug-likeness (QED) is 0.175. The summed E-state index contributed by atoms with van der Waals surface area (Å²) in [6.45, 7) is 6.79. The normalized spacial score (nSPS) is 16.9. The summed E-state index contributed by atoms with van der Waals surface area (Å²) < 4.78 is 65.8. The van der Waals surface area contributed by atoms with E-state index in [4.69, 9.17) is 9.47 Å². The molecule has 0 aliphatic carbocycles. The van der Waals surface area contributed by atoms with Gasteiger partial charge in [0.15, 0.2) is 9.84 Å². The first kappa shape index (κ1) is 38.3. The second kappa shape index (κ2) is 19.0. The zero-order valence-electron chi connectivity index (χ0n) is 27.5. The Morgan fingerprint density at radius 3 is 2.30 bits per heavy atom. The van der Waals surface area contributed by atoms with E-state index < -0.39 is 68.8 Å². The smallest absolute Gasteiger partial charge is 0.408 e. The topological polar surface area (TPSA) is 143 Å².